The summed E-state index contributed by atoms with van der Waals surface area (Å²) in [7, 11) is -3.42. The van der Waals surface area contributed by atoms with Gasteiger partial charge in [-0.1, -0.05) is 18.2 Å². The van der Waals surface area contributed by atoms with Gasteiger partial charge in [0, 0.05) is 28.6 Å². The van der Waals surface area contributed by atoms with Crippen LogP contribution in [0.1, 0.15) is 17.0 Å². The number of benzene rings is 1. The van der Waals surface area contributed by atoms with E-state index in [0.717, 1.165) is 22.7 Å². The van der Waals surface area contributed by atoms with Crippen molar-refractivity contribution in [2.75, 3.05) is 18.8 Å². The summed E-state index contributed by atoms with van der Waals surface area (Å²) in [6, 6.07) is 10.2. The van der Waals surface area contributed by atoms with Gasteiger partial charge in [0.25, 0.3) is 10.0 Å². The van der Waals surface area contributed by atoms with Gasteiger partial charge in [-0.3, -0.25) is 0 Å². The highest BCUT2D eigenvalue weighted by Gasteiger charge is 2.34. The highest BCUT2D eigenvalue weighted by atomic mass is 32.2. The number of thiazole rings is 1. The third-order valence-corrected chi connectivity index (χ3v) is 8.58. The van der Waals surface area contributed by atoms with Crippen molar-refractivity contribution in [1.29, 1.82) is 0 Å². The maximum Gasteiger partial charge on any atom is 0.270 e. The van der Waals surface area contributed by atoms with E-state index in [-0.39, 0.29) is 4.34 Å². The highest BCUT2D eigenvalue weighted by molar-refractivity contribution is 7.99. The monoisotopic (exact) mass is 368 g/mol. The minimum absolute atomic E-state index is 0.240. The molecule has 1 aromatic heterocycles. The first kappa shape index (κ1) is 17.0. The molecule has 0 spiro atoms. The smallest absolute Gasteiger partial charge is 0.229 e. The van der Waals surface area contributed by atoms with Gasteiger partial charge >= 0.3 is 0 Å². The molecule has 1 aliphatic heterocycles. The number of hydrogen-bond acceptors (Lipinski definition) is 5. The second-order valence-electron chi connectivity index (χ2n) is 5.76. The van der Waals surface area contributed by atoms with Crippen LogP contribution in [0, 0.1) is 19.8 Å². The number of nitrogens with zero attached hydrogens (tertiary/aromatic N) is 2. The summed E-state index contributed by atoms with van der Waals surface area (Å²) in [6.07, 6.45) is 0.919. The Balaban J connectivity index is 1.62. The molecule has 1 aromatic carbocycles. The zero-order valence-electron chi connectivity index (χ0n) is 13.2. The van der Waals surface area contributed by atoms with Crippen LogP contribution in [0.2, 0.25) is 0 Å². The standard InChI is InChI=1S/C16H20N2O2S3/c1-12-13(2)22-16(17-12)23(19,20)18-9-8-14(10-18)11-21-15-6-4-3-5-7-15/h3-7,14H,8-11H2,1-2H3. The quantitative estimate of drug-likeness (QED) is 0.757. The molecule has 1 saturated heterocycles. The normalized spacial score (nSPS) is 19.3. The van der Waals surface area contributed by atoms with Crippen LogP contribution in [0.15, 0.2) is 39.6 Å². The van der Waals surface area contributed by atoms with E-state index < -0.39 is 10.0 Å². The summed E-state index contributed by atoms with van der Waals surface area (Å²) < 4.78 is 27.2. The molecule has 2 aromatic rings. The van der Waals surface area contributed by atoms with E-state index in [2.05, 4.69) is 17.1 Å². The average molecular weight is 369 g/mol. The predicted octanol–water partition coefficient (Wildman–Crippen LogP) is 3.56. The highest BCUT2D eigenvalue weighted by Crippen LogP contribution is 2.31. The first-order valence-electron chi connectivity index (χ1n) is 7.59. The van der Waals surface area contributed by atoms with Gasteiger partial charge in [0.1, 0.15) is 0 Å². The minimum atomic E-state index is -3.42. The number of aryl methyl sites for hydroxylation is 2. The molecule has 1 atom stereocenters. The SMILES string of the molecule is Cc1nc(S(=O)(=O)N2CCC(CSc3ccccc3)C2)sc1C. The molecule has 0 radical (unpaired) electrons. The number of thioether (sulfide) groups is 1. The van der Waals surface area contributed by atoms with Gasteiger partial charge in [-0.15, -0.1) is 23.1 Å². The van der Waals surface area contributed by atoms with E-state index >= 15 is 0 Å². The van der Waals surface area contributed by atoms with E-state index in [9.17, 15) is 8.42 Å². The maximum atomic E-state index is 12.7. The summed E-state index contributed by atoms with van der Waals surface area (Å²) in [5.41, 5.74) is 0.809. The number of sulfonamides is 1. The van der Waals surface area contributed by atoms with Crippen LogP contribution in [0.3, 0.4) is 0 Å². The summed E-state index contributed by atoms with van der Waals surface area (Å²) in [5, 5.41) is 0. The molecule has 0 bridgehead atoms. The van der Waals surface area contributed by atoms with Crippen molar-refractivity contribution in [3.8, 4) is 0 Å². The Morgan fingerprint density at radius 2 is 2.04 bits per heavy atom. The van der Waals surface area contributed by atoms with E-state index in [4.69, 9.17) is 0 Å². The minimum Gasteiger partial charge on any atom is -0.229 e. The van der Waals surface area contributed by atoms with Crippen molar-refractivity contribution in [3.63, 3.8) is 0 Å². The molecule has 1 unspecified atom stereocenters. The van der Waals surface area contributed by atoms with Crippen LogP contribution in [0.5, 0.6) is 0 Å². The molecule has 1 aliphatic rings. The molecule has 23 heavy (non-hydrogen) atoms. The van der Waals surface area contributed by atoms with Crippen molar-refractivity contribution in [2.24, 2.45) is 5.92 Å². The molecular weight excluding hydrogens is 348 g/mol. The van der Waals surface area contributed by atoms with Gasteiger partial charge < -0.3 is 0 Å². The third-order valence-electron chi connectivity index (χ3n) is 4.05. The molecule has 2 heterocycles. The number of aromatic nitrogens is 1. The Labute approximate surface area is 146 Å². The fourth-order valence-corrected chi connectivity index (χ4v) is 6.57. The predicted molar refractivity (Wildman–Crippen MR) is 95.6 cm³/mol. The molecular formula is C16H20N2O2S3. The van der Waals surface area contributed by atoms with Crippen molar-refractivity contribution < 1.29 is 8.42 Å². The lowest BCUT2D eigenvalue weighted by Crippen LogP contribution is -2.29. The van der Waals surface area contributed by atoms with E-state index in [0.29, 0.717) is 19.0 Å². The largest absolute Gasteiger partial charge is 0.270 e. The Bertz CT molecular complexity index is 752. The van der Waals surface area contributed by atoms with Gasteiger partial charge in [0.05, 0.1) is 5.69 Å². The first-order valence-corrected chi connectivity index (χ1v) is 10.8. The second-order valence-corrected chi connectivity index (χ2v) is 10.2. The van der Waals surface area contributed by atoms with Gasteiger partial charge in [0.15, 0.2) is 0 Å². The summed E-state index contributed by atoms with van der Waals surface area (Å²) in [4.78, 5) is 6.44. The second kappa shape index (κ2) is 6.93. The Morgan fingerprint density at radius 1 is 1.30 bits per heavy atom. The van der Waals surface area contributed by atoms with E-state index in [1.165, 1.54) is 16.2 Å². The molecule has 0 amide bonds. The van der Waals surface area contributed by atoms with Crippen LogP contribution >= 0.6 is 23.1 Å². The third kappa shape index (κ3) is 3.79. The van der Waals surface area contributed by atoms with Crippen LogP contribution in [0.25, 0.3) is 0 Å². The zero-order valence-corrected chi connectivity index (χ0v) is 15.7. The summed E-state index contributed by atoms with van der Waals surface area (Å²) in [6.45, 7) is 4.96. The lowest BCUT2D eigenvalue weighted by atomic mass is 10.2. The molecule has 3 rings (SSSR count). The lowest BCUT2D eigenvalue weighted by molar-refractivity contribution is 0.465. The van der Waals surface area contributed by atoms with Gasteiger partial charge in [-0.05, 0) is 38.3 Å². The number of rotatable bonds is 5. The van der Waals surface area contributed by atoms with Crippen molar-refractivity contribution in [3.05, 3.63) is 40.9 Å². The topological polar surface area (TPSA) is 50.3 Å². The van der Waals surface area contributed by atoms with Gasteiger partial charge in [0.2, 0.25) is 4.34 Å². The van der Waals surface area contributed by atoms with Crippen molar-refractivity contribution in [1.82, 2.24) is 9.29 Å². The first-order chi connectivity index (χ1) is 11.0. The molecule has 1 fully saturated rings. The fraction of sp³-hybridized carbons (Fsp3) is 0.438. The molecule has 4 nitrogen and oxygen atoms in total. The van der Waals surface area contributed by atoms with E-state index in [1.807, 2.05) is 32.0 Å². The molecule has 7 heteroatoms. The maximum absolute atomic E-state index is 12.7. The Kier molecular flexibility index (Phi) is 5.10. The Hall–Kier alpha value is -0.890. The number of hydrogen-bond donors (Lipinski definition) is 0. The zero-order chi connectivity index (χ0) is 16.4. The fourth-order valence-electron chi connectivity index (χ4n) is 2.55. The lowest BCUT2D eigenvalue weighted by Gasteiger charge is -2.14. The van der Waals surface area contributed by atoms with E-state index in [1.54, 1.807) is 16.1 Å². The van der Waals surface area contributed by atoms with Gasteiger partial charge in [-0.2, -0.15) is 4.31 Å². The van der Waals surface area contributed by atoms with Gasteiger partial charge in [-0.25, -0.2) is 13.4 Å². The molecule has 0 N–H and O–H groups in total. The Morgan fingerprint density at radius 3 is 2.70 bits per heavy atom. The van der Waals surface area contributed by atoms with Crippen molar-refractivity contribution in [2.45, 2.75) is 29.5 Å². The molecule has 124 valence electrons. The average Bonchev–Trinajstić information content (AvgIpc) is 3.15. The molecule has 0 aliphatic carbocycles. The van der Waals surface area contributed by atoms with Crippen molar-refractivity contribution >= 4 is 33.1 Å². The summed E-state index contributed by atoms with van der Waals surface area (Å²) in [5.74, 6) is 1.35. The summed E-state index contributed by atoms with van der Waals surface area (Å²) >= 11 is 3.07. The van der Waals surface area contributed by atoms with Crippen LogP contribution in [-0.4, -0.2) is 36.5 Å². The molecule has 0 saturated carbocycles. The van der Waals surface area contributed by atoms with Crippen LogP contribution < -0.4 is 0 Å². The van der Waals surface area contributed by atoms with Crippen LogP contribution in [0.4, 0.5) is 0 Å². The van der Waals surface area contributed by atoms with Crippen LogP contribution in [-0.2, 0) is 10.0 Å².